The molecule has 0 aromatic heterocycles. The van der Waals surface area contributed by atoms with Gasteiger partial charge in [-0.15, -0.1) is 0 Å². The summed E-state index contributed by atoms with van der Waals surface area (Å²) in [5.74, 6) is 0. The molecule has 0 rings (SSSR count). The van der Waals surface area contributed by atoms with Crippen molar-refractivity contribution in [3.63, 3.8) is 0 Å². The van der Waals surface area contributed by atoms with Gasteiger partial charge in [0.25, 0.3) is 0 Å². The first kappa shape index (κ1) is 13.9. The Morgan fingerprint density at radius 1 is 1.00 bits per heavy atom. The molecule has 12 heavy (non-hydrogen) atoms. The van der Waals surface area contributed by atoms with Gasteiger partial charge in [0.05, 0.1) is 12.5 Å². The molecule has 2 atom stereocenters. The molecule has 0 saturated carbocycles. The van der Waals surface area contributed by atoms with E-state index in [1.165, 1.54) is 0 Å². The minimum atomic E-state index is -2.18. The first-order valence-corrected chi connectivity index (χ1v) is 4.38. The zero-order valence-electron chi connectivity index (χ0n) is 5.91. The van der Waals surface area contributed by atoms with Crippen molar-refractivity contribution in [3.8, 4) is 0 Å². The molecule has 0 aliphatic rings. The molecule has 2 unspecified atom stereocenters. The van der Waals surface area contributed by atoms with E-state index < -0.39 is 22.7 Å². The lowest BCUT2D eigenvalue weighted by atomic mass is 11.2. The van der Waals surface area contributed by atoms with Crippen LogP contribution in [0.1, 0.15) is 0 Å². The standard InChI is InChI=1S/2C2H4O3S/c2*1-2-5-6(3)4/h2*2H,1H2,(H,3,4). The second-order valence-corrected chi connectivity index (χ2v) is 2.21. The van der Waals surface area contributed by atoms with E-state index >= 15 is 0 Å². The molecular formula is C4H8O6S2. The highest BCUT2D eigenvalue weighted by molar-refractivity contribution is 7.74. The summed E-state index contributed by atoms with van der Waals surface area (Å²) in [5, 5.41) is 0. The van der Waals surface area contributed by atoms with Crippen LogP contribution in [-0.2, 0) is 31.1 Å². The summed E-state index contributed by atoms with van der Waals surface area (Å²) in [5.41, 5.74) is 0. The number of hydrogen-bond donors (Lipinski definition) is 2. The van der Waals surface area contributed by atoms with Crippen molar-refractivity contribution < 1.29 is 25.9 Å². The molecule has 0 saturated heterocycles. The van der Waals surface area contributed by atoms with Gasteiger partial charge in [-0.1, -0.05) is 13.2 Å². The van der Waals surface area contributed by atoms with Gasteiger partial charge in [0.2, 0.25) is 0 Å². The number of rotatable bonds is 4. The van der Waals surface area contributed by atoms with Gasteiger partial charge < -0.3 is 8.37 Å². The van der Waals surface area contributed by atoms with E-state index in [2.05, 4.69) is 21.5 Å². The zero-order chi connectivity index (χ0) is 9.98. The van der Waals surface area contributed by atoms with Gasteiger partial charge in [0.1, 0.15) is 0 Å². The Kier molecular flexibility index (Phi) is 11.9. The third-order valence-corrected chi connectivity index (χ3v) is 0.902. The molecule has 2 N–H and O–H groups in total. The minimum absolute atomic E-state index is 0.899. The van der Waals surface area contributed by atoms with E-state index in [0.29, 0.717) is 0 Å². The van der Waals surface area contributed by atoms with Gasteiger partial charge in [-0.05, 0) is 0 Å². The predicted molar refractivity (Wildman–Crippen MR) is 44.1 cm³/mol. The fraction of sp³-hybridized carbons (Fsp3) is 0. The van der Waals surface area contributed by atoms with Crippen LogP contribution in [0.2, 0.25) is 0 Å². The maximum atomic E-state index is 9.42. The molecule has 0 radical (unpaired) electrons. The van der Waals surface area contributed by atoms with Gasteiger partial charge in [-0.2, -0.15) is 8.42 Å². The fourth-order valence-electron chi connectivity index (χ4n) is 0.116. The monoisotopic (exact) mass is 216 g/mol. The summed E-state index contributed by atoms with van der Waals surface area (Å²) in [7, 11) is 0. The third kappa shape index (κ3) is 22.8. The van der Waals surface area contributed by atoms with Crippen LogP contribution in [0, 0.1) is 0 Å². The van der Waals surface area contributed by atoms with Crippen molar-refractivity contribution in [3.05, 3.63) is 25.7 Å². The van der Waals surface area contributed by atoms with Crippen LogP contribution in [0.25, 0.3) is 0 Å². The quantitative estimate of drug-likeness (QED) is 0.527. The fourth-order valence-corrected chi connectivity index (χ4v) is 0.349. The average molecular weight is 216 g/mol. The maximum Gasteiger partial charge on any atom is 0.356 e. The first-order valence-electron chi connectivity index (χ1n) is 2.32. The summed E-state index contributed by atoms with van der Waals surface area (Å²) >= 11 is -4.37. The van der Waals surface area contributed by atoms with Crippen molar-refractivity contribution in [2.75, 3.05) is 0 Å². The summed E-state index contributed by atoms with van der Waals surface area (Å²) in [4.78, 5) is 0. The van der Waals surface area contributed by atoms with Crippen molar-refractivity contribution in [1.29, 1.82) is 0 Å². The molecular weight excluding hydrogens is 208 g/mol. The van der Waals surface area contributed by atoms with Gasteiger partial charge in [0, 0.05) is 0 Å². The van der Waals surface area contributed by atoms with E-state index in [-0.39, 0.29) is 0 Å². The first-order chi connectivity index (χ1) is 5.54. The lowest BCUT2D eigenvalue weighted by molar-refractivity contribution is 0.419. The third-order valence-electron chi connectivity index (χ3n) is 0.301. The van der Waals surface area contributed by atoms with Gasteiger partial charge in [0.15, 0.2) is 0 Å². The van der Waals surface area contributed by atoms with Gasteiger partial charge in [-0.3, -0.25) is 9.11 Å². The van der Waals surface area contributed by atoms with Crippen molar-refractivity contribution in [1.82, 2.24) is 0 Å². The molecule has 0 spiro atoms. The van der Waals surface area contributed by atoms with E-state index in [9.17, 15) is 8.42 Å². The predicted octanol–water partition coefficient (Wildman–Crippen LogP) is 0.566. The number of hydrogen-bond acceptors (Lipinski definition) is 4. The van der Waals surface area contributed by atoms with Gasteiger partial charge in [-0.25, -0.2) is 0 Å². The molecule has 0 fully saturated rings. The highest BCUT2D eigenvalue weighted by Crippen LogP contribution is 1.74. The molecule has 72 valence electrons. The van der Waals surface area contributed by atoms with Crippen molar-refractivity contribution >= 4 is 22.7 Å². The van der Waals surface area contributed by atoms with Crippen molar-refractivity contribution in [2.24, 2.45) is 0 Å². The Labute approximate surface area is 74.9 Å². The zero-order valence-corrected chi connectivity index (χ0v) is 7.55. The van der Waals surface area contributed by atoms with Crippen LogP contribution >= 0.6 is 0 Å². The van der Waals surface area contributed by atoms with Crippen LogP contribution in [0.4, 0.5) is 0 Å². The molecule has 6 nitrogen and oxygen atoms in total. The van der Waals surface area contributed by atoms with E-state index in [0.717, 1.165) is 12.5 Å². The van der Waals surface area contributed by atoms with Crippen LogP contribution in [0.5, 0.6) is 0 Å². The highest BCUT2D eigenvalue weighted by Gasteiger charge is 1.79. The Hall–Kier alpha value is -0.700. The molecule has 0 amide bonds. The summed E-state index contributed by atoms with van der Waals surface area (Å²) < 4.78 is 42.0. The lowest BCUT2D eigenvalue weighted by Gasteiger charge is -1.82. The smallest absolute Gasteiger partial charge is 0.356 e. The van der Waals surface area contributed by atoms with Crippen LogP contribution in [-0.4, -0.2) is 17.5 Å². The summed E-state index contributed by atoms with van der Waals surface area (Å²) in [6, 6.07) is 0. The second kappa shape index (κ2) is 10.3. The SMILES string of the molecule is C=COS(=O)O.C=COS(=O)O. The summed E-state index contributed by atoms with van der Waals surface area (Å²) in [6.07, 6.45) is 1.80. The van der Waals surface area contributed by atoms with E-state index in [1.54, 1.807) is 0 Å². The molecule has 8 heteroatoms. The maximum absolute atomic E-state index is 9.42. The Bertz CT molecular complexity index is 158. The molecule has 0 heterocycles. The normalized spacial score (nSPS) is 12.8. The van der Waals surface area contributed by atoms with Gasteiger partial charge >= 0.3 is 22.7 Å². The second-order valence-electron chi connectivity index (χ2n) is 0.960. The van der Waals surface area contributed by atoms with Crippen LogP contribution in [0.3, 0.4) is 0 Å². The van der Waals surface area contributed by atoms with Crippen LogP contribution < -0.4 is 0 Å². The highest BCUT2D eigenvalue weighted by atomic mass is 32.2. The Morgan fingerprint density at radius 3 is 1.25 bits per heavy atom. The Morgan fingerprint density at radius 2 is 1.25 bits per heavy atom. The molecule has 0 aromatic rings. The molecule has 0 bridgehead atoms. The molecule has 0 aliphatic carbocycles. The lowest BCUT2D eigenvalue weighted by Crippen LogP contribution is -1.83. The minimum Gasteiger partial charge on any atom is -0.389 e. The van der Waals surface area contributed by atoms with E-state index in [4.69, 9.17) is 9.11 Å². The molecule has 0 aromatic carbocycles. The molecule has 0 aliphatic heterocycles. The topological polar surface area (TPSA) is 93.1 Å². The van der Waals surface area contributed by atoms with Crippen molar-refractivity contribution in [2.45, 2.75) is 0 Å². The van der Waals surface area contributed by atoms with Crippen LogP contribution in [0.15, 0.2) is 25.7 Å². The Balaban J connectivity index is 0. The summed E-state index contributed by atoms with van der Waals surface area (Å²) in [6.45, 7) is 6.05. The van der Waals surface area contributed by atoms with E-state index in [1.807, 2.05) is 0 Å². The largest absolute Gasteiger partial charge is 0.389 e. The average Bonchev–Trinajstić information content (AvgIpc) is 1.87.